The summed E-state index contributed by atoms with van der Waals surface area (Å²) in [5, 5.41) is 0. The van der Waals surface area contributed by atoms with E-state index in [1.54, 1.807) is 0 Å². The van der Waals surface area contributed by atoms with Crippen LogP contribution in [-0.4, -0.2) is 91.7 Å². The molecule has 1 atom stereocenters. The number of hydrogen-bond acceptors (Lipinski definition) is 5. The topological polar surface area (TPSA) is 97.7 Å². The Labute approximate surface area is 319 Å². The zero-order valence-electron chi connectivity index (χ0n) is 27.8. The van der Waals surface area contributed by atoms with Crippen molar-refractivity contribution in [2.75, 3.05) is 6.61 Å². The fraction of sp³-hybridized carbons (Fsp3) is 1.00. The van der Waals surface area contributed by atoms with E-state index in [2.05, 4.69) is 13.8 Å². The van der Waals surface area contributed by atoms with Gasteiger partial charge in [-0.3, -0.25) is 8.74 Å². The summed E-state index contributed by atoms with van der Waals surface area (Å²) in [6.45, 7) is 4.47. The van der Waals surface area contributed by atoms with Crippen molar-refractivity contribution in [3.05, 3.63) is 0 Å². The molecule has 0 bridgehead atoms. The van der Waals surface area contributed by atoms with Gasteiger partial charge in [0.2, 0.25) is 4.58 Å². The molecular weight excluding hydrogens is 614 g/mol. The molecule has 258 valence electrons. The van der Waals surface area contributed by atoms with Gasteiger partial charge in [-0.25, -0.2) is 0 Å². The van der Waals surface area contributed by atoms with Crippen LogP contribution in [-0.2, 0) is 24.4 Å². The van der Waals surface area contributed by atoms with E-state index in [0.717, 1.165) is 44.9 Å². The Morgan fingerprint density at radius 1 is 0.432 bits per heavy atom. The molecule has 1 N–H and O–H groups in total. The number of hydrogen-bond donors (Lipinski definition) is 1. The Hall–Kier alpha value is 1.82. The molecule has 0 fully saturated rings. The van der Waals surface area contributed by atoms with Crippen molar-refractivity contribution in [2.24, 2.45) is 0 Å². The minimum absolute atomic E-state index is 0. The van der Waals surface area contributed by atoms with E-state index in [1.807, 2.05) is 0 Å². The van der Waals surface area contributed by atoms with Crippen molar-refractivity contribution in [3.63, 3.8) is 0 Å². The van der Waals surface area contributed by atoms with E-state index in [1.165, 1.54) is 128 Å². The van der Waals surface area contributed by atoms with Gasteiger partial charge in [-0.2, -0.15) is 16.8 Å². The summed E-state index contributed by atoms with van der Waals surface area (Å²) in [5.74, 6) is 0. The second kappa shape index (κ2) is 36.1. The van der Waals surface area contributed by atoms with Crippen molar-refractivity contribution >= 4 is 79.4 Å². The molecule has 10 heteroatoms. The Morgan fingerprint density at radius 3 is 0.955 bits per heavy atom. The second-order valence-corrected chi connectivity index (χ2v) is 16.3. The molecule has 0 aliphatic carbocycles. The molecule has 0 rings (SSSR count). The quantitative estimate of drug-likeness (QED) is 0.0313. The van der Waals surface area contributed by atoms with Gasteiger partial charge in [-0.1, -0.05) is 194 Å². The zero-order chi connectivity index (χ0) is 31.2. The van der Waals surface area contributed by atoms with Crippen LogP contribution in [0.1, 0.15) is 206 Å². The molecular formula is C34H72Na2O6S2. The fourth-order valence-electron chi connectivity index (χ4n) is 5.67. The first-order chi connectivity index (χ1) is 20.3. The van der Waals surface area contributed by atoms with E-state index in [4.69, 9.17) is 4.18 Å². The molecule has 0 heterocycles. The first-order valence-electron chi connectivity index (χ1n) is 18.1. The van der Waals surface area contributed by atoms with Gasteiger partial charge >= 0.3 is 59.1 Å². The van der Waals surface area contributed by atoms with E-state index >= 15 is 0 Å². The predicted molar refractivity (Wildman–Crippen MR) is 194 cm³/mol. The Bertz CT molecular complexity index is 779. The zero-order valence-corrected chi connectivity index (χ0v) is 29.4. The minimum atomic E-state index is -4.72. The van der Waals surface area contributed by atoms with Gasteiger partial charge in [0, 0.05) is 0 Å². The third kappa shape index (κ3) is 33.7. The van der Waals surface area contributed by atoms with Crippen LogP contribution in [0.4, 0.5) is 0 Å². The molecule has 0 aromatic rings. The summed E-state index contributed by atoms with van der Waals surface area (Å²) < 4.78 is 61.4. The van der Waals surface area contributed by atoms with Crippen LogP contribution < -0.4 is 0 Å². The summed E-state index contributed by atoms with van der Waals surface area (Å²) in [5.41, 5.74) is 0. The maximum atomic E-state index is 12.5. The molecule has 0 aliphatic rings. The van der Waals surface area contributed by atoms with Gasteiger partial charge in [0.15, 0.2) is 0 Å². The molecule has 0 aliphatic heterocycles. The SMILES string of the molecule is CCCCCCCCCCCCCCCCCCOS(=O)(=O)C(CCCCCCCCCCCCCCC)S(=O)(=O)O.[NaH].[NaH]. The van der Waals surface area contributed by atoms with Crippen molar-refractivity contribution in [3.8, 4) is 0 Å². The third-order valence-corrected chi connectivity index (χ3v) is 12.2. The average Bonchev–Trinajstić information content (AvgIpc) is 2.94. The number of unbranched alkanes of at least 4 members (excludes halogenated alkanes) is 27. The van der Waals surface area contributed by atoms with Crippen molar-refractivity contribution in [1.82, 2.24) is 0 Å². The van der Waals surface area contributed by atoms with Crippen molar-refractivity contribution < 1.29 is 25.6 Å². The summed E-state index contributed by atoms with van der Waals surface area (Å²) in [6, 6.07) is 0. The normalized spacial score (nSPS) is 12.5. The second-order valence-electron chi connectivity index (χ2n) is 12.6. The van der Waals surface area contributed by atoms with Gasteiger partial charge in [0.05, 0.1) is 6.61 Å². The molecule has 1 unspecified atom stereocenters. The molecule has 6 nitrogen and oxygen atoms in total. The van der Waals surface area contributed by atoms with Crippen LogP contribution in [0.2, 0.25) is 0 Å². The van der Waals surface area contributed by atoms with Gasteiger partial charge < -0.3 is 0 Å². The number of rotatable bonds is 34. The van der Waals surface area contributed by atoms with Crippen LogP contribution in [0.15, 0.2) is 0 Å². The first kappa shape index (κ1) is 50.2. The third-order valence-electron chi connectivity index (χ3n) is 8.44. The van der Waals surface area contributed by atoms with Gasteiger partial charge in [-0.15, -0.1) is 0 Å². The standard InChI is InChI=1S/C34H70O6S2.2Na.2H/c1-3-5-7-9-11-13-15-17-18-19-21-23-25-27-29-31-33-40-42(38,39)34(41(35,36)37)32-30-28-26-24-22-20-16-14-12-10-8-6-4-2;;;;/h34H,3-33H2,1-2H3,(H,35,36,37);;;;. The van der Waals surface area contributed by atoms with Gasteiger partial charge in [-0.05, 0) is 12.8 Å². The van der Waals surface area contributed by atoms with Crippen LogP contribution >= 0.6 is 0 Å². The summed E-state index contributed by atoms with van der Waals surface area (Å²) in [4.78, 5) is 0. The van der Waals surface area contributed by atoms with E-state index in [0.29, 0.717) is 12.8 Å². The monoisotopic (exact) mass is 686 g/mol. The van der Waals surface area contributed by atoms with E-state index < -0.39 is 24.8 Å². The maximum absolute atomic E-state index is 12.5. The summed E-state index contributed by atoms with van der Waals surface area (Å²) >= 11 is 0. The molecule has 44 heavy (non-hydrogen) atoms. The van der Waals surface area contributed by atoms with Gasteiger partial charge in [0.25, 0.3) is 20.2 Å². The molecule has 0 spiro atoms. The predicted octanol–water partition coefficient (Wildman–Crippen LogP) is 9.99. The van der Waals surface area contributed by atoms with Crippen LogP contribution in [0, 0.1) is 0 Å². The van der Waals surface area contributed by atoms with E-state index in [9.17, 15) is 21.4 Å². The fourth-order valence-corrected chi connectivity index (χ4v) is 8.45. The van der Waals surface area contributed by atoms with Crippen LogP contribution in [0.25, 0.3) is 0 Å². The Balaban J connectivity index is -0.00000840. The summed E-state index contributed by atoms with van der Waals surface area (Å²) in [6.07, 6.45) is 34.4. The van der Waals surface area contributed by atoms with E-state index in [-0.39, 0.29) is 72.1 Å². The molecule has 0 aromatic heterocycles. The van der Waals surface area contributed by atoms with Gasteiger partial charge in [0.1, 0.15) is 0 Å². The first-order valence-corrected chi connectivity index (χ1v) is 21.1. The van der Waals surface area contributed by atoms with Crippen molar-refractivity contribution in [2.45, 2.75) is 211 Å². The average molecular weight is 687 g/mol. The van der Waals surface area contributed by atoms with Crippen molar-refractivity contribution in [1.29, 1.82) is 0 Å². The molecule has 0 saturated carbocycles. The molecule has 0 aromatic carbocycles. The molecule has 0 amide bonds. The Kier molecular flexibility index (Phi) is 41.2. The van der Waals surface area contributed by atoms with Crippen LogP contribution in [0.5, 0.6) is 0 Å². The molecule has 0 radical (unpaired) electrons. The Morgan fingerprint density at radius 2 is 0.682 bits per heavy atom. The molecule has 0 saturated heterocycles. The van der Waals surface area contributed by atoms with Crippen LogP contribution in [0.3, 0.4) is 0 Å². The summed E-state index contributed by atoms with van der Waals surface area (Å²) in [7, 11) is -9.08.